The second-order valence-electron chi connectivity index (χ2n) is 1.33. The number of carbonyl (C=O) groups excluding carboxylic acids is 1. The third-order valence-corrected chi connectivity index (χ3v) is 0.581. The number of methoxy groups -OCH3 is 1. The Bertz CT molecular complexity index is 81.8. The molecule has 0 fully saturated rings. The van der Waals surface area contributed by atoms with Crippen LogP contribution in [0.1, 0.15) is 0 Å². The summed E-state index contributed by atoms with van der Waals surface area (Å²) in [6, 6.07) is 0. The van der Waals surface area contributed by atoms with Gasteiger partial charge in [-0.3, -0.25) is 11.7 Å². The molecule has 0 atom stereocenters. The summed E-state index contributed by atoms with van der Waals surface area (Å²) in [5.74, 6) is -0.495. The number of carbonyl (C=O) groups is 1. The Hall–Kier alpha value is 0.936. The second kappa shape index (κ2) is 22.7. The van der Waals surface area contributed by atoms with Gasteiger partial charge in [0.1, 0.15) is 0 Å². The van der Waals surface area contributed by atoms with Crippen LogP contribution in [-0.4, -0.2) is 26.2 Å². The molecule has 0 spiro atoms. The maximum Gasteiger partial charge on any atom is 2.00 e. The standard InChI is InChI=1S/C4H9N.C3H5O2.U.V/c1-3-5-4-2;1-3(4)5-2;;/h5H,1-4H2;1H2,2H3;;/q-2;-1;+2;. The van der Waals surface area contributed by atoms with Crippen molar-refractivity contribution >= 4 is 5.97 Å². The second-order valence-corrected chi connectivity index (χ2v) is 1.33. The van der Waals surface area contributed by atoms with E-state index in [4.69, 9.17) is 0 Å². The van der Waals surface area contributed by atoms with Crippen molar-refractivity contribution in [3.05, 3.63) is 20.8 Å². The fourth-order valence-corrected chi connectivity index (χ4v) is 0.125. The van der Waals surface area contributed by atoms with E-state index in [0.29, 0.717) is 0 Å². The molecule has 0 amide bonds. The van der Waals surface area contributed by atoms with Crippen LogP contribution in [0.3, 0.4) is 0 Å². The van der Waals surface area contributed by atoms with Gasteiger partial charge in [-0.2, -0.15) is 0 Å². The number of nitrogens with one attached hydrogen (secondary N) is 1. The minimum Gasteiger partial charge on any atom is -0.492 e. The summed E-state index contributed by atoms with van der Waals surface area (Å²) in [6.07, 6.45) is 0. The fraction of sp³-hybridized carbons (Fsp3) is 0.429. The van der Waals surface area contributed by atoms with Crippen molar-refractivity contribution < 1.29 is 59.2 Å². The molecule has 0 rings (SSSR count). The maximum absolute atomic E-state index is 9.48. The molecule has 3 nitrogen and oxygen atoms in total. The van der Waals surface area contributed by atoms with Gasteiger partial charge in [0.2, 0.25) is 0 Å². The van der Waals surface area contributed by atoms with Crippen molar-refractivity contribution in [3.8, 4) is 0 Å². The molecule has 0 aliphatic rings. The molecule has 1 N–H and O–H groups in total. The van der Waals surface area contributed by atoms with E-state index < -0.39 is 5.97 Å². The van der Waals surface area contributed by atoms with Crippen LogP contribution in [0.25, 0.3) is 0 Å². The van der Waals surface area contributed by atoms with Gasteiger partial charge in [-0.15, -0.1) is 13.1 Å². The van der Waals surface area contributed by atoms with Crippen LogP contribution in [0.4, 0.5) is 0 Å². The first kappa shape index (κ1) is 23.1. The molecule has 0 aromatic rings. The smallest absolute Gasteiger partial charge is 0.492 e. The number of hydrogen-bond donors (Lipinski definition) is 1. The normalized spacial score (nSPS) is 6.25. The first-order chi connectivity index (χ1) is 4.68. The summed E-state index contributed by atoms with van der Waals surface area (Å²) in [6.45, 7) is 11.5. The SMILES string of the molecule is [CH2-]C(=O)OC.[CH2-]CNC[CH2-].[U+2].[V]. The Morgan fingerprint density at radius 2 is 1.67 bits per heavy atom. The Balaban J connectivity index is -0.0000000457. The van der Waals surface area contributed by atoms with Gasteiger partial charge < -0.3 is 23.9 Å². The quantitative estimate of drug-likeness (QED) is 0.501. The first-order valence-electron chi connectivity index (χ1n) is 2.88. The molecule has 0 aliphatic heterocycles. The van der Waals surface area contributed by atoms with Gasteiger partial charge in [0.05, 0.1) is 7.11 Å². The van der Waals surface area contributed by atoms with Crippen molar-refractivity contribution in [2.24, 2.45) is 0 Å². The Kier molecular flexibility index (Phi) is 43.6. The van der Waals surface area contributed by atoms with Crippen molar-refractivity contribution in [2.75, 3.05) is 20.2 Å². The first-order valence-corrected chi connectivity index (χ1v) is 2.88. The molecule has 0 bridgehead atoms. The number of hydrogen-bond acceptors (Lipinski definition) is 3. The van der Waals surface area contributed by atoms with Crippen LogP contribution >= 0.6 is 0 Å². The molecule has 0 saturated heterocycles. The number of ether oxygens (including phenoxy) is 1. The molecule has 0 unspecified atom stereocenters. The third-order valence-electron chi connectivity index (χ3n) is 0.581. The van der Waals surface area contributed by atoms with Crippen molar-refractivity contribution in [2.45, 2.75) is 0 Å². The molecular formula is C7H14NO2UV-. The van der Waals surface area contributed by atoms with Crippen molar-refractivity contribution in [1.29, 1.82) is 0 Å². The molecular weight excluding hydrogens is 419 g/mol. The molecule has 0 heterocycles. The zero-order chi connectivity index (χ0) is 8.41. The van der Waals surface area contributed by atoms with Crippen molar-refractivity contribution in [3.63, 3.8) is 0 Å². The van der Waals surface area contributed by atoms with Gasteiger partial charge in [0, 0.05) is 18.6 Å². The largest absolute Gasteiger partial charge is 2.00 e. The molecule has 0 aromatic heterocycles. The molecule has 12 heavy (non-hydrogen) atoms. The van der Waals surface area contributed by atoms with E-state index in [1.54, 1.807) is 0 Å². The maximum atomic E-state index is 9.48. The average Bonchev–Trinajstić information content (AvgIpc) is 1.91. The molecule has 0 aliphatic carbocycles. The summed E-state index contributed by atoms with van der Waals surface area (Å²) in [5.41, 5.74) is 0. The molecule has 0 aromatic carbocycles. The summed E-state index contributed by atoms with van der Waals surface area (Å²) in [5, 5.41) is 2.89. The topological polar surface area (TPSA) is 38.3 Å². The van der Waals surface area contributed by atoms with Gasteiger partial charge in [0.15, 0.2) is 5.97 Å². The average molecular weight is 433 g/mol. The zero-order valence-electron chi connectivity index (χ0n) is 7.30. The van der Waals surface area contributed by atoms with E-state index in [0.717, 1.165) is 13.1 Å². The number of esters is 1. The fourth-order valence-electron chi connectivity index (χ4n) is 0.125. The van der Waals surface area contributed by atoms with E-state index in [1.807, 2.05) is 0 Å². The summed E-state index contributed by atoms with van der Waals surface area (Å²) in [4.78, 5) is 9.48. The van der Waals surface area contributed by atoms with E-state index >= 15 is 0 Å². The Morgan fingerprint density at radius 3 is 1.67 bits per heavy atom. The number of rotatable bonds is 2. The van der Waals surface area contributed by atoms with Crippen LogP contribution < -0.4 is 5.32 Å². The summed E-state index contributed by atoms with van der Waals surface area (Å²) < 4.78 is 4.00. The zero-order valence-corrected chi connectivity index (χ0v) is 12.9. The minimum atomic E-state index is -0.495. The van der Waals surface area contributed by atoms with Gasteiger partial charge in [-0.25, -0.2) is 0 Å². The Labute approximate surface area is 111 Å². The van der Waals surface area contributed by atoms with Gasteiger partial charge in [-0.05, 0) is 0 Å². The third kappa shape index (κ3) is 44.3. The summed E-state index contributed by atoms with van der Waals surface area (Å²) in [7, 11) is 1.29. The molecule has 69 valence electrons. The van der Waals surface area contributed by atoms with Crippen LogP contribution in [0.2, 0.25) is 0 Å². The van der Waals surface area contributed by atoms with Crippen LogP contribution in [0.5, 0.6) is 0 Å². The van der Waals surface area contributed by atoms with E-state index in [9.17, 15) is 4.79 Å². The predicted octanol–water partition coefficient (Wildman–Crippen LogP) is 0.235. The van der Waals surface area contributed by atoms with Crippen LogP contribution in [-0.2, 0) is 28.1 Å². The van der Waals surface area contributed by atoms with E-state index in [2.05, 4.69) is 30.8 Å². The van der Waals surface area contributed by atoms with E-state index in [-0.39, 0.29) is 49.7 Å². The van der Waals surface area contributed by atoms with Gasteiger partial charge >= 0.3 is 31.1 Å². The van der Waals surface area contributed by atoms with Crippen LogP contribution in [0, 0.1) is 51.9 Å². The Morgan fingerprint density at radius 1 is 1.42 bits per heavy atom. The predicted molar refractivity (Wildman–Crippen MR) is 41.0 cm³/mol. The minimum absolute atomic E-state index is 0. The monoisotopic (exact) mass is 433 g/mol. The molecule has 0 saturated carbocycles. The van der Waals surface area contributed by atoms with Crippen LogP contribution in [0.15, 0.2) is 0 Å². The van der Waals surface area contributed by atoms with E-state index in [1.165, 1.54) is 7.11 Å². The van der Waals surface area contributed by atoms with Crippen molar-refractivity contribution in [1.82, 2.24) is 5.32 Å². The molecule has 5 heteroatoms. The van der Waals surface area contributed by atoms with Gasteiger partial charge in [-0.1, -0.05) is 0 Å². The van der Waals surface area contributed by atoms with Gasteiger partial charge in [0.25, 0.3) is 0 Å². The molecule has 1 radical (unpaired) electrons. The summed E-state index contributed by atoms with van der Waals surface area (Å²) >= 11 is 0.